The summed E-state index contributed by atoms with van der Waals surface area (Å²) in [5.41, 5.74) is 7.97. The Labute approximate surface area is 113 Å². The molecule has 1 heterocycles. The van der Waals surface area contributed by atoms with Crippen molar-refractivity contribution in [1.82, 2.24) is 10.5 Å². The van der Waals surface area contributed by atoms with Crippen molar-refractivity contribution in [2.24, 2.45) is 11.7 Å². The highest BCUT2D eigenvalue weighted by atomic mass is 16.5. The van der Waals surface area contributed by atoms with Gasteiger partial charge in [0.2, 0.25) is 5.91 Å². The van der Waals surface area contributed by atoms with Crippen LogP contribution in [0.4, 0.5) is 0 Å². The van der Waals surface area contributed by atoms with Crippen LogP contribution in [0.25, 0.3) is 0 Å². The smallest absolute Gasteiger partial charge is 0.220 e. The standard InChI is InChI=1S/C14H23N3O2/c1-9-12(10(2)19-17-9)6-7-16-14(18)8-11-4-3-5-13(11)15/h11,13H,3-8,15H2,1-2H3,(H,16,18)/t11-,13+/m0/s1. The van der Waals surface area contributed by atoms with Gasteiger partial charge in [0.15, 0.2) is 0 Å². The number of hydrogen-bond acceptors (Lipinski definition) is 4. The molecular formula is C14H23N3O2. The van der Waals surface area contributed by atoms with Crippen LogP contribution in [0.2, 0.25) is 0 Å². The number of aromatic nitrogens is 1. The van der Waals surface area contributed by atoms with Crippen LogP contribution in [-0.2, 0) is 11.2 Å². The van der Waals surface area contributed by atoms with E-state index in [1.54, 1.807) is 0 Å². The summed E-state index contributed by atoms with van der Waals surface area (Å²) < 4.78 is 5.10. The molecular weight excluding hydrogens is 242 g/mol. The first-order valence-corrected chi connectivity index (χ1v) is 7.02. The summed E-state index contributed by atoms with van der Waals surface area (Å²) in [5.74, 6) is 1.30. The number of rotatable bonds is 5. The molecule has 2 rings (SSSR count). The number of carbonyl (C=O) groups excluding carboxylic acids is 1. The molecule has 106 valence electrons. The maximum atomic E-state index is 11.8. The summed E-state index contributed by atoms with van der Waals surface area (Å²) >= 11 is 0. The van der Waals surface area contributed by atoms with Crippen LogP contribution in [0.5, 0.6) is 0 Å². The van der Waals surface area contributed by atoms with Crippen LogP contribution in [-0.4, -0.2) is 23.7 Å². The largest absolute Gasteiger partial charge is 0.361 e. The number of nitrogens with two attached hydrogens (primary N) is 1. The quantitative estimate of drug-likeness (QED) is 0.844. The normalized spacial score (nSPS) is 22.7. The number of aryl methyl sites for hydroxylation is 2. The fraction of sp³-hybridized carbons (Fsp3) is 0.714. The lowest BCUT2D eigenvalue weighted by Crippen LogP contribution is -2.32. The molecule has 0 saturated heterocycles. The lowest BCUT2D eigenvalue weighted by molar-refractivity contribution is -0.122. The molecule has 1 saturated carbocycles. The summed E-state index contributed by atoms with van der Waals surface area (Å²) in [6, 6.07) is 0.202. The van der Waals surface area contributed by atoms with E-state index in [9.17, 15) is 4.79 Å². The van der Waals surface area contributed by atoms with Crippen LogP contribution in [0.15, 0.2) is 4.52 Å². The molecule has 0 aliphatic heterocycles. The molecule has 3 N–H and O–H groups in total. The van der Waals surface area contributed by atoms with E-state index >= 15 is 0 Å². The van der Waals surface area contributed by atoms with Crippen molar-refractivity contribution in [2.45, 2.75) is 52.0 Å². The predicted molar refractivity (Wildman–Crippen MR) is 72.6 cm³/mol. The minimum Gasteiger partial charge on any atom is -0.361 e. The van der Waals surface area contributed by atoms with Gasteiger partial charge in [-0.15, -0.1) is 0 Å². The van der Waals surface area contributed by atoms with Gasteiger partial charge in [0, 0.05) is 24.6 Å². The Hall–Kier alpha value is -1.36. The average molecular weight is 265 g/mol. The monoisotopic (exact) mass is 265 g/mol. The Kier molecular flexibility index (Phi) is 4.58. The minimum atomic E-state index is 0.106. The van der Waals surface area contributed by atoms with Crippen molar-refractivity contribution < 1.29 is 9.32 Å². The first-order valence-electron chi connectivity index (χ1n) is 7.02. The summed E-state index contributed by atoms with van der Waals surface area (Å²) in [6.45, 7) is 4.45. The maximum absolute atomic E-state index is 11.8. The lowest BCUT2D eigenvalue weighted by Gasteiger charge is -2.14. The van der Waals surface area contributed by atoms with E-state index in [0.29, 0.717) is 18.9 Å². The Morgan fingerprint density at radius 2 is 2.26 bits per heavy atom. The Balaban J connectivity index is 1.72. The van der Waals surface area contributed by atoms with Crippen molar-refractivity contribution in [1.29, 1.82) is 0 Å². The van der Waals surface area contributed by atoms with Crippen LogP contribution in [0.3, 0.4) is 0 Å². The van der Waals surface area contributed by atoms with Gasteiger partial charge in [-0.2, -0.15) is 0 Å². The molecule has 5 heteroatoms. The molecule has 19 heavy (non-hydrogen) atoms. The van der Waals surface area contributed by atoms with Gasteiger partial charge in [-0.25, -0.2) is 0 Å². The topological polar surface area (TPSA) is 81.2 Å². The van der Waals surface area contributed by atoms with Gasteiger partial charge >= 0.3 is 0 Å². The third-order valence-electron chi connectivity index (χ3n) is 4.04. The van der Waals surface area contributed by atoms with Crippen molar-refractivity contribution in [3.63, 3.8) is 0 Å². The van der Waals surface area contributed by atoms with Gasteiger partial charge in [0.05, 0.1) is 5.69 Å². The summed E-state index contributed by atoms with van der Waals surface area (Å²) in [7, 11) is 0. The van der Waals surface area contributed by atoms with E-state index in [1.165, 1.54) is 0 Å². The predicted octanol–water partition coefficient (Wildman–Crippen LogP) is 1.47. The molecule has 5 nitrogen and oxygen atoms in total. The molecule has 0 radical (unpaired) electrons. The van der Waals surface area contributed by atoms with E-state index in [-0.39, 0.29) is 11.9 Å². The van der Waals surface area contributed by atoms with E-state index in [0.717, 1.165) is 42.7 Å². The third kappa shape index (κ3) is 3.56. The first-order chi connectivity index (χ1) is 9.08. The molecule has 1 aromatic rings. The molecule has 0 unspecified atom stereocenters. The maximum Gasteiger partial charge on any atom is 0.220 e. The summed E-state index contributed by atoms with van der Waals surface area (Å²) in [5, 5.41) is 6.86. The van der Waals surface area contributed by atoms with Gasteiger partial charge < -0.3 is 15.6 Å². The Bertz CT molecular complexity index is 422. The molecule has 0 bridgehead atoms. The van der Waals surface area contributed by atoms with E-state index in [2.05, 4.69) is 10.5 Å². The number of amides is 1. The third-order valence-corrected chi connectivity index (χ3v) is 4.04. The van der Waals surface area contributed by atoms with Crippen LogP contribution in [0, 0.1) is 19.8 Å². The van der Waals surface area contributed by atoms with Crippen LogP contribution >= 0.6 is 0 Å². The van der Waals surface area contributed by atoms with Crippen molar-refractivity contribution in [3.8, 4) is 0 Å². The van der Waals surface area contributed by atoms with E-state index in [1.807, 2.05) is 13.8 Å². The summed E-state index contributed by atoms with van der Waals surface area (Å²) in [6.07, 6.45) is 4.61. The fourth-order valence-electron chi connectivity index (χ4n) is 2.81. The zero-order valence-electron chi connectivity index (χ0n) is 11.7. The molecule has 1 fully saturated rings. The number of hydrogen-bond donors (Lipinski definition) is 2. The van der Waals surface area contributed by atoms with Crippen LogP contribution < -0.4 is 11.1 Å². The van der Waals surface area contributed by atoms with Gasteiger partial charge in [-0.3, -0.25) is 4.79 Å². The lowest BCUT2D eigenvalue weighted by atomic mass is 10.00. The second-order valence-corrected chi connectivity index (χ2v) is 5.46. The Morgan fingerprint density at radius 3 is 2.84 bits per heavy atom. The van der Waals surface area contributed by atoms with Gasteiger partial charge in [0.1, 0.15) is 5.76 Å². The fourth-order valence-corrected chi connectivity index (χ4v) is 2.81. The molecule has 1 aliphatic carbocycles. The number of nitrogens with zero attached hydrogens (tertiary/aromatic N) is 1. The van der Waals surface area contributed by atoms with Gasteiger partial charge in [-0.05, 0) is 39.0 Å². The Morgan fingerprint density at radius 1 is 1.47 bits per heavy atom. The van der Waals surface area contributed by atoms with Gasteiger partial charge in [0.25, 0.3) is 0 Å². The number of nitrogens with one attached hydrogen (secondary N) is 1. The molecule has 1 amide bonds. The molecule has 0 aromatic carbocycles. The highest BCUT2D eigenvalue weighted by Gasteiger charge is 2.25. The van der Waals surface area contributed by atoms with Crippen molar-refractivity contribution >= 4 is 5.91 Å². The van der Waals surface area contributed by atoms with Crippen LogP contribution in [0.1, 0.15) is 42.7 Å². The summed E-state index contributed by atoms with van der Waals surface area (Å²) in [4.78, 5) is 11.8. The SMILES string of the molecule is Cc1noc(C)c1CCNC(=O)C[C@@H]1CCC[C@H]1N. The minimum absolute atomic E-state index is 0.106. The molecule has 2 atom stereocenters. The number of carbonyl (C=O) groups is 1. The zero-order valence-corrected chi connectivity index (χ0v) is 11.7. The second kappa shape index (κ2) is 6.19. The zero-order chi connectivity index (χ0) is 13.8. The first kappa shape index (κ1) is 14.1. The second-order valence-electron chi connectivity index (χ2n) is 5.46. The average Bonchev–Trinajstić information content (AvgIpc) is 2.90. The van der Waals surface area contributed by atoms with E-state index < -0.39 is 0 Å². The van der Waals surface area contributed by atoms with Crippen molar-refractivity contribution in [3.05, 3.63) is 17.0 Å². The van der Waals surface area contributed by atoms with Gasteiger partial charge in [-0.1, -0.05) is 11.6 Å². The molecule has 0 spiro atoms. The molecule has 1 aliphatic rings. The molecule has 1 aromatic heterocycles. The highest BCUT2D eigenvalue weighted by Crippen LogP contribution is 2.26. The highest BCUT2D eigenvalue weighted by molar-refractivity contribution is 5.76. The van der Waals surface area contributed by atoms with E-state index in [4.69, 9.17) is 10.3 Å². The van der Waals surface area contributed by atoms with Crippen molar-refractivity contribution in [2.75, 3.05) is 6.54 Å².